The van der Waals surface area contributed by atoms with Gasteiger partial charge in [0.1, 0.15) is 6.04 Å². The van der Waals surface area contributed by atoms with E-state index in [1.807, 2.05) is 24.3 Å². The maximum atomic E-state index is 11.9. The van der Waals surface area contributed by atoms with Crippen molar-refractivity contribution >= 4 is 26.9 Å². The Bertz CT molecular complexity index is 777. The largest absolute Gasteiger partial charge is 0.480 e. The Morgan fingerprint density at radius 1 is 1.38 bits per heavy atom. The Morgan fingerprint density at radius 3 is 2.76 bits per heavy atom. The summed E-state index contributed by atoms with van der Waals surface area (Å²) in [5.74, 6) is -1.16. The molecule has 1 heterocycles. The Kier molecular flexibility index (Phi) is 3.46. The number of carbonyl (C=O) groups is 1. The molecule has 7 heteroatoms. The van der Waals surface area contributed by atoms with Crippen molar-refractivity contribution in [3.63, 3.8) is 0 Å². The van der Waals surface area contributed by atoms with Gasteiger partial charge in [0, 0.05) is 23.5 Å². The van der Waals surface area contributed by atoms with Gasteiger partial charge in [-0.25, -0.2) is 13.1 Å². The number of H-pyrrole nitrogens is 1. The van der Waals surface area contributed by atoms with Gasteiger partial charge in [0.2, 0.25) is 10.0 Å². The SMILES string of the molecule is O=C(O)C(Cc1c[nH]c2ccccc12)NS(=O)(=O)C1CC1. The number of hydrogen-bond acceptors (Lipinski definition) is 3. The summed E-state index contributed by atoms with van der Waals surface area (Å²) in [5, 5.41) is 9.76. The van der Waals surface area contributed by atoms with Crippen LogP contribution < -0.4 is 4.72 Å². The monoisotopic (exact) mass is 308 g/mol. The average Bonchev–Trinajstić information content (AvgIpc) is 3.22. The molecule has 1 saturated carbocycles. The molecule has 0 aliphatic heterocycles. The second-order valence-electron chi connectivity index (χ2n) is 5.32. The smallest absolute Gasteiger partial charge is 0.322 e. The number of fused-ring (bicyclic) bond motifs is 1. The molecule has 3 N–H and O–H groups in total. The molecule has 1 aromatic heterocycles. The Labute approximate surface area is 122 Å². The maximum absolute atomic E-state index is 11.9. The van der Waals surface area contributed by atoms with Gasteiger partial charge < -0.3 is 10.1 Å². The van der Waals surface area contributed by atoms with Gasteiger partial charge in [-0.1, -0.05) is 18.2 Å². The Hall–Kier alpha value is -1.86. The molecule has 0 bridgehead atoms. The molecule has 6 nitrogen and oxygen atoms in total. The number of aliphatic carboxylic acids is 1. The molecule has 1 fully saturated rings. The minimum absolute atomic E-state index is 0.116. The van der Waals surface area contributed by atoms with Crippen molar-refractivity contribution in [2.45, 2.75) is 30.6 Å². The van der Waals surface area contributed by atoms with E-state index in [1.165, 1.54) is 0 Å². The number of benzene rings is 1. The van der Waals surface area contributed by atoms with E-state index in [1.54, 1.807) is 6.20 Å². The third kappa shape index (κ3) is 2.93. The Morgan fingerprint density at radius 2 is 2.10 bits per heavy atom. The molecule has 1 aliphatic carbocycles. The van der Waals surface area contributed by atoms with Gasteiger partial charge in [-0.05, 0) is 24.5 Å². The fraction of sp³-hybridized carbons (Fsp3) is 0.357. The Balaban J connectivity index is 1.83. The van der Waals surface area contributed by atoms with E-state index >= 15 is 0 Å². The lowest BCUT2D eigenvalue weighted by Gasteiger charge is -2.14. The highest BCUT2D eigenvalue weighted by molar-refractivity contribution is 7.90. The van der Waals surface area contributed by atoms with Crippen LogP contribution in [0.5, 0.6) is 0 Å². The van der Waals surface area contributed by atoms with Crippen molar-refractivity contribution in [3.05, 3.63) is 36.0 Å². The van der Waals surface area contributed by atoms with Gasteiger partial charge in [-0.15, -0.1) is 0 Å². The number of hydrogen-bond donors (Lipinski definition) is 3. The van der Waals surface area contributed by atoms with E-state index in [2.05, 4.69) is 9.71 Å². The fourth-order valence-corrected chi connectivity index (χ4v) is 3.90. The first-order valence-corrected chi connectivity index (χ1v) is 8.31. The normalized spacial score (nSPS) is 17.0. The number of aromatic nitrogens is 1. The molecule has 1 aliphatic rings. The van der Waals surface area contributed by atoms with E-state index in [0.717, 1.165) is 16.5 Å². The number of carboxylic acid groups (broad SMARTS) is 1. The number of carboxylic acids is 1. The number of aromatic amines is 1. The van der Waals surface area contributed by atoms with Gasteiger partial charge >= 0.3 is 5.97 Å². The molecule has 1 aromatic carbocycles. The van der Waals surface area contributed by atoms with Gasteiger partial charge in [0.25, 0.3) is 0 Å². The van der Waals surface area contributed by atoms with Crippen LogP contribution in [-0.4, -0.2) is 35.8 Å². The van der Waals surface area contributed by atoms with Crippen LogP contribution in [0.1, 0.15) is 18.4 Å². The minimum atomic E-state index is -3.53. The molecular formula is C14H16N2O4S. The molecule has 0 spiro atoms. The van der Waals surface area contributed by atoms with Gasteiger partial charge in [-0.2, -0.15) is 0 Å². The second kappa shape index (κ2) is 5.16. The van der Waals surface area contributed by atoms with Crippen LogP contribution in [-0.2, 0) is 21.2 Å². The van der Waals surface area contributed by atoms with Crippen LogP contribution in [0.3, 0.4) is 0 Å². The lowest BCUT2D eigenvalue weighted by atomic mass is 10.1. The zero-order valence-electron chi connectivity index (χ0n) is 11.2. The highest BCUT2D eigenvalue weighted by Crippen LogP contribution is 2.28. The zero-order chi connectivity index (χ0) is 15.0. The van der Waals surface area contributed by atoms with Crippen LogP contribution >= 0.6 is 0 Å². The van der Waals surface area contributed by atoms with Crippen LogP contribution in [0.25, 0.3) is 10.9 Å². The van der Waals surface area contributed by atoms with Crippen LogP contribution in [0.4, 0.5) is 0 Å². The standard InChI is InChI=1S/C14H16N2O4S/c17-14(18)13(16-21(19,20)10-5-6-10)7-9-8-15-12-4-2-1-3-11(9)12/h1-4,8,10,13,15-16H,5-7H2,(H,17,18). The quantitative estimate of drug-likeness (QED) is 0.747. The summed E-state index contributed by atoms with van der Waals surface area (Å²) in [6.45, 7) is 0. The summed E-state index contributed by atoms with van der Waals surface area (Å²) in [4.78, 5) is 14.4. The number of sulfonamides is 1. The first kappa shape index (κ1) is 14.1. The summed E-state index contributed by atoms with van der Waals surface area (Å²) < 4.78 is 26.2. The van der Waals surface area contributed by atoms with Crippen molar-refractivity contribution in [1.82, 2.24) is 9.71 Å². The summed E-state index contributed by atoms with van der Waals surface area (Å²) in [5.41, 5.74) is 1.69. The molecule has 1 unspecified atom stereocenters. The van der Waals surface area contributed by atoms with Crippen LogP contribution in [0, 0.1) is 0 Å². The van der Waals surface area contributed by atoms with Crippen molar-refractivity contribution in [3.8, 4) is 0 Å². The highest BCUT2D eigenvalue weighted by Gasteiger charge is 2.38. The molecule has 0 radical (unpaired) electrons. The predicted octanol–water partition coefficient (Wildman–Crippen LogP) is 1.25. The van der Waals surface area contributed by atoms with Crippen LogP contribution in [0.15, 0.2) is 30.5 Å². The third-order valence-electron chi connectivity index (χ3n) is 3.67. The maximum Gasteiger partial charge on any atom is 0.322 e. The molecule has 2 aromatic rings. The van der Waals surface area contributed by atoms with E-state index in [-0.39, 0.29) is 6.42 Å². The first-order chi connectivity index (χ1) is 9.97. The molecule has 21 heavy (non-hydrogen) atoms. The number of rotatable bonds is 6. The van der Waals surface area contributed by atoms with E-state index < -0.39 is 27.3 Å². The van der Waals surface area contributed by atoms with Gasteiger partial charge in [0.15, 0.2) is 0 Å². The first-order valence-electron chi connectivity index (χ1n) is 6.76. The van der Waals surface area contributed by atoms with Crippen molar-refractivity contribution < 1.29 is 18.3 Å². The van der Waals surface area contributed by atoms with Crippen molar-refractivity contribution in [2.75, 3.05) is 0 Å². The fourth-order valence-electron chi connectivity index (χ4n) is 2.37. The number of para-hydroxylation sites is 1. The third-order valence-corrected chi connectivity index (χ3v) is 5.63. The zero-order valence-corrected chi connectivity index (χ0v) is 12.1. The summed E-state index contributed by atoms with van der Waals surface area (Å²) >= 11 is 0. The lowest BCUT2D eigenvalue weighted by molar-refractivity contribution is -0.138. The van der Waals surface area contributed by atoms with Crippen LogP contribution in [0.2, 0.25) is 0 Å². The van der Waals surface area contributed by atoms with Crippen molar-refractivity contribution in [2.24, 2.45) is 0 Å². The molecule has 0 saturated heterocycles. The topological polar surface area (TPSA) is 99.3 Å². The molecule has 1 atom stereocenters. The van der Waals surface area contributed by atoms with Gasteiger partial charge in [0.05, 0.1) is 5.25 Å². The van der Waals surface area contributed by atoms with Gasteiger partial charge in [-0.3, -0.25) is 4.79 Å². The molecule has 3 rings (SSSR count). The summed E-state index contributed by atoms with van der Waals surface area (Å²) in [6, 6.07) is 6.38. The number of nitrogens with one attached hydrogen (secondary N) is 2. The highest BCUT2D eigenvalue weighted by atomic mass is 32.2. The average molecular weight is 308 g/mol. The van der Waals surface area contributed by atoms with E-state index in [4.69, 9.17) is 0 Å². The van der Waals surface area contributed by atoms with Crippen molar-refractivity contribution in [1.29, 1.82) is 0 Å². The second-order valence-corrected chi connectivity index (χ2v) is 7.31. The predicted molar refractivity (Wildman–Crippen MR) is 78.5 cm³/mol. The summed E-state index contributed by atoms with van der Waals surface area (Å²) in [6.07, 6.45) is 3.06. The minimum Gasteiger partial charge on any atom is -0.480 e. The molecular weight excluding hydrogens is 292 g/mol. The van der Waals surface area contributed by atoms with E-state index in [9.17, 15) is 18.3 Å². The summed E-state index contributed by atoms with van der Waals surface area (Å²) in [7, 11) is -3.53. The lowest BCUT2D eigenvalue weighted by Crippen LogP contribution is -2.43. The van der Waals surface area contributed by atoms with E-state index in [0.29, 0.717) is 12.8 Å². The molecule has 112 valence electrons. The molecule has 0 amide bonds.